The van der Waals surface area contributed by atoms with Gasteiger partial charge in [-0.3, -0.25) is 9.59 Å². The number of methoxy groups -OCH3 is 1. The summed E-state index contributed by atoms with van der Waals surface area (Å²) in [5, 5.41) is 0.442. The number of amides is 1. The smallest absolute Gasteiger partial charge is 0.290 e. The maximum Gasteiger partial charge on any atom is 0.290 e. The van der Waals surface area contributed by atoms with Gasteiger partial charge < -0.3 is 19.0 Å². The highest BCUT2D eigenvalue weighted by Gasteiger charge is 2.42. The summed E-state index contributed by atoms with van der Waals surface area (Å²) in [6, 6.07) is 12.3. The number of ether oxygens (including phenoxy) is 1. The van der Waals surface area contributed by atoms with E-state index in [1.54, 1.807) is 30.2 Å². The molecule has 6 nitrogen and oxygen atoms in total. The van der Waals surface area contributed by atoms with Crippen molar-refractivity contribution < 1.29 is 13.9 Å². The Labute approximate surface area is 183 Å². The van der Waals surface area contributed by atoms with E-state index in [1.807, 2.05) is 38.4 Å². The van der Waals surface area contributed by atoms with Gasteiger partial charge in [0.25, 0.3) is 5.91 Å². The zero-order valence-corrected chi connectivity index (χ0v) is 18.7. The van der Waals surface area contributed by atoms with E-state index in [4.69, 9.17) is 9.15 Å². The average molecular weight is 471 g/mol. The topological polar surface area (TPSA) is 63.0 Å². The molecule has 1 atom stereocenters. The van der Waals surface area contributed by atoms with Crippen LogP contribution in [0.2, 0.25) is 0 Å². The monoisotopic (exact) mass is 470 g/mol. The molecule has 7 heteroatoms. The predicted molar refractivity (Wildman–Crippen MR) is 119 cm³/mol. The van der Waals surface area contributed by atoms with Crippen LogP contribution in [0.5, 0.6) is 5.75 Å². The van der Waals surface area contributed by atoms with Crippen molar-refractivity contribution in [3.63, 3.8) is 0 Å². The zero-order valence-electron chi connectivity index (χ0n) is 17.1. The van der Waals surface area contributed by atoms with Crippen molar-refractivity contribution in [3.05, 3.63) is 74.0 Å². The van der Waals surface area contributed by atoms with E-state index in [1.165, 1.54) is 0 Å². The SMILES string of the molecule is COc1ccc2c(=O)c3c(oc2c1)C(=O)N(CCCN(C)C)[C@H]3c1cccc(Br)c1. The first kappa shape index (κ1) is 20.6. The van der Waals surface area contributed by atoms with E-state index in [2.05, 4.69) is 20.8 Å². The van der Waals surface area contributed by atoms with Gasteiger partial charge in [-0.1, -0.05) is 28.1 Å². The average Bonchev–Trinajstić information content (AvgIpc) is 3.00. The fourth-order valence-electron chi connectivity index (χ4n) is 3.94. The van der Waals surface area contributed by atoms with Crippen molar-refractivity contribution in [3.8, 4) is 5.75 Å². The highest BCUT2D eigenvalue weighted by atomic mass is 79.9. The third-order valence-electron chi connectivity index (χ3n) is 5.34. The Morgan fingerprint density at radius 2 is 1.97 bits per heavy atom. The van der Waals surface area contributed by atoms with Crippen molar-refractivity contribution in [2.45, 2.75) is 12.5 Å². The minimum atomic E-state index is -0.477. The number of rotatable bonds is 6. The molecule has 3 aromatic rings. The second-order valence-corrected chi connectivity index (χ2v) is 8.56. The van der Waals surface area contributed by atoms with Crippen molar-refractivity contribution in [2.24, 2.45) is 0 Å². The molecule has 1 aliphatic heterocycles. The van der Waals surface area contributed by atoms with Crippen LogP contribution in [-0.2, 0) is 0 Å². The maximum atomic E-state index is 13.5. The molecule has 4 rings (SSSR count). The van der Waals surface area contributed by atoms with Gasteiger partial charge in [0, 0.05) is 17.1 Å². The molecule has 0 radical (unpaired) electrons. The van der Waals surface area contributed by atoms with Crippen molar-refractivity contribution >= 4 is 32.8 Å². The first-order valence-electron chi connectivity index (χ1n) is 9.76. The number of hydrogen-bond donors (Lipinski definition) is 0. The molecule has 1 aromatic heterocycles. The van der Waals surface area contributed by atoms with E-state index in [0.29, 0.717) is 28.8 Å². The molecule has 2 aromatic carbocycles. The highest BCUT2D eigenvalue weighted by molar-refractivity contribution is 9.10. The van der Waals surface area contributed by atoms with Crippen LogP contribution in [0.4, 0.5) is 0 Å². The van der Waals surface area contributed by atoms with Crippen molar-refractivity contribution in [1.82, 2.24) is 9.80 Å². The molecule has 0 spiro atoms. The molecule has 0 fully saturated rings. The van der Waals surface area contributed by atoms with Gasteiger partial charge in [-0.15, -0.1) is 0 Å². The number of hydrogen-bond acceptors (Lipinski definition) is 5. The van der Waals surface area contributed by atoms with Crippen LogP contribution >= 0.6 is 15.9 Å². The van der Waals surface area contributed by atoms with Gasteiger partial charge in [-0.05, 0) is 56.9 Å². The number of benzene rings is 2. The minimum Gasteiger partial charge on any atom is -0.497 e. The number of halogens is 1. The largest absolute Gasteiger partial charge is 0.497 e. The normalized spacial score (nSPS) is 15.8. The third kappa shape index (κ3) is 3.63. The quantitative estimate of drug-likeness (QED) is 0.543. The summed E-state index contributed by atoms with van der Waals surface area (Å²) >= 11 is 3.50. The van der Waals surface area contributed by atoms with Crippen LogP contribution in [0.15, 0.2) is 56.1 Å². The van der Waals surface area contributed by atoms with Gasteiger partial charge in [-0.25, -0.2) is 0 Å². The fraction of sp³-hybridized carbons (Fsp3) is 0.304. The molecular weight excluding hydrogens is 448 g/mol. The first-order chi connectivity index (χ1) is 14.4. The number of fused-ring (bicyclic) bond motifs is 2. The second kappa shape index (κ2) is 8.24. The van der Waals surface area contributed by atoms with Crippen LogP contribution in [0.1, 0.15) is 34.1 Å². The van der Waals surface area contributed by atoms with Crippen molar-refractivity contribution in [2.75, 3.05) is 34.3 Å². The van der Waals surface area contributed by atoms with E-state index >= 15 is 0 Å². The minimum absolute atomic E-state index is 0.121. The molecule has 30 heavy (non-hydrogen) atoms. The summed E-state index contributed by atoms with van der Waals surface area (Å²) < 4.78 is 12.1. The Morgan fingerprint density at radius 3 is 2.67 bits per heavy atom. The van der Waals surface area contributed by atoms with Gasteiger partial charge >= 0.3 is 0 Å². The highest BCUT2D eigenvalue weighted by Crippen LogP contribution is 2.39. The Hall–Kier alpha value is -2.64. The van der Waals surface area contributed by atoms with Gasteiger partial charge in [0.1, 0.15) is 11.3 Å². The number of carbonyl (C=O) groups is 1. The lowest BCUT2D eigenvalue weighted by molar-refractivity contribution is 0.0722. The van der Waals surface area contributed by atoms with Crippen molar-refractivity contribution in [1.29, 1.82) is 0 Å². The molecular formula is C23H23BrN2O4. The molecule has 1 aliphatic rings. The van der Waals surface area contributed by atoms with Crippen LogP contribution in [0, 0.1) is 0 Å². The lowest BCUT2D eigenvalue weighted by Gasteiger charge is -2.26. The third-order valence-corrected chi connectivity index (χ3v) is 5.84. The molecule has 1 amide bonds. The van der Waals surface area contributed by atoms with Gasteiger partial charge in [0.2, 0.25) is 5.76 Å². The predicted octanol–water partition coefficient (Wildman–Crippen LogP) is 4.06. The van der Waals surface area contributed by atoms with Gasteiger partial charge in [0.05, 0.1) is 24.1 Å². The Morgan fingerprint density at radius 1 is 1.17 bits per heavy atom. The molecule has 156 valence electrons. The summed E-state index contributed by atoms with van der Waals surface area (Å²) in [6.45, 7) is 1.36. The number of carbonyl (C=O) groups excluding carboxylic acids is 1. The Kier molecular flexibility index (Phi) is 5.66. The fourth-order valence-corrected chi connectivity index (χ4v) is 4.35. The lowest BCUT2D eigenvalue weighted by atomic mass is 9.98. The Balaban J connectivity index is 1.88. The first-order valence-corrected chi connectivity index (χ1v) is 10.6. The van der Waals surface area contributed by atoms with E-state index in [9.17, 15) is 9.59 Å². The molecule has 0 unspecified atom stereocenters. The molecule has 0 saturated carbocycles. The summed E-state index contributed by atoms with van der Waals surface area (Å²) in [4.78, 5) is 30.6. The summed E-state index contributed by atoms with van der Waals surface area (Å²) in [6.07, 6.45) is 0.790. The van der Waals surface area contributed by atoms with Crippen LogP contribution in [0.25, 0.3) is 11.0 Å². The van der Waals surface area contributed by atoms with E-state index in [-0.39, 0.29) is 17.1 Å². The Bertz CT molecular complexity index is 1170. The van der Waals surface area contributed by atoms with Crippen LogP contribution < -0.4 is 10.2 Å². The van der Waals surface area contributed by atoms with E-state index < -0.39 is 6.04 Å². The standard InChI is InChI=1S/C23H23BrN2O4/c1-25(2)10-5-11-26-20(14-6-4-7-15(24)12-14)19-21(27)17-9-8-16(29-3)13-18(17)30-22(19)23(26)28/h4,6-9,12-13,20H,5,10-11H2,1-3H3/t20-/m0/s1. The second-order valence-electron chi connectivity index (χ2n) is 7.65. The van der Waals surface area contributed by atoms with E-state index in [0.717, 1.165) is 23.0 Å². The molecule has 0 saturated heterocycles. The molecule has 0 N–H and O–H groups in total. The molecule has 0 bridgehead atoms. The number of nitrogens with zero attached hydrogens (tertiary/aromatic N) is 2. The van der Waals surface area contributed by atoms with Gasteiger partial charge in [0.15, 0.2) is 5.43 Å². The summed E-state index contributed by atoms with van der Waals surface area (Å²) in [5.74, 6) is 0.438. The van der Waals surface area contributed by atoms with Gasteiger partial charge in [-0.2, -0.15) is 0 Å². The van der Waals surface area contributed by atoms with Crippen LogP contribution in [-0.4, -0.2) is 50.0 Å². The molecule has 2 heterocycles. The lowest BCUT2D eigenvalue weighted by Crippen LogP contribution is -2.32. The summed E-state index contributed by atoms with van der Waals surface area (Å²) in [5.41, 5.74) is 1.46. The van der Waals surface area contributed by atoms with Crippen LogP contribution in [0.3, 0.4) is 0 Å². The maximum absolute atomic E-state index is 13.5. The zero-order chi connectivity index (χ0) is 21.4. The molecule has 0 aliphatic carbocycles. The summed E-state index contributed by atoms with van der Waals surface area (Å²) in [7, 11) is 5.54.